The second-order valence-corrected chi connectivity index (χ2v) is 7.47. The molecule has 0 saturated carbocycles. The Morgan fingerprint density at radius 2 is 1.88 bits per heavy atom. The Morgan fingerprint density at radius 1 is 1.19 bits per heavy atom. The average Bonchev–Trinajstić information content (AvgIpc) is 2.57. The van der Waals surface area contributed by atoms with E-state index in [1.807, 2.05) is 39.0 Å². The summed E-state index contributed by atoms with van der Waals surface area (Å²) in [4.78, 5) is 12.5. The maximum absolute atomic E-state index is 14.7. The summed E-state index contributed by atoms with van der Waals surface area (Å²) in [6.07, 6.45) is 0.952. The third kappa shape index (κ3) is 4.43. The molecule has 0 atom stereocenters. The van der Waals surface area contributed by atoms with Gasteiger partial charge in [0.15, 0.2) is 0 Å². The average molecular weight is 377 g/mol. The van der Waals surface area contributed by atoms with Crippen LogP contribution in [-0.4, -0.2) is 12.5 Å². The molecule has 1 aliphatic heterocycles. The van der Waals surface area contributed by atoms with Crippen LogP contribution in [0.3, 0.4) is 0 Å². The Labute approximate surface area is 160 Å². The number of amides is 1. The van der Waals surface area contributed by atoms with Gasteiger partial charge in [-0.3, -0.25) is 4.79 Å². The van der Waals surface area contributed by atoms with Crippen LogP contribution in [0.2, 0.25) is 0 Å². The number of anilines is 1. The molecule has 3 nitrogen and oxygen atoms in total. The molecule has 0 unspecified atom stereocenters. The van der Waals surface area contributed by atoms with E-state index in [1.54, 1.807) is 6.07 Å². The van der Waals surface area contributed by atoms with Gasteiger partial charge in [0, 0.05) is 13.0 Å². The molecule has 1 amide bonds. The molecule has 2 aromatic rings. The van der Waals surface area contributed by atoms with Gasteiger partial charge >= 0.3 is 0 Å². The highest BCUT2D eigenvalue weighted by Gasteiger charge is 2.25. The zero-order chi connectivity index (χ0) is 18.0. The minimum absolute atomic E-state index is 0. The topological polar surface area (TPSA) is 41.1 Å². The van der Waals surface area contributed by atoms with Gasteiger partial charge in [-0.25, -0.2) is 4.39 Å². The minimum Gasteiger partial charge on any atom is -0.324 e. The van der Waals surface area contributed by atoms with Gasteiger partial charge in [-0.1, -0.05) is 49.7 Å². The normalized spacial score (nSPS) is 13.5. The molecule has 0 spiro atoms. The van der Waals surface area contributed by atoms with Crippen molar-refractivity contribution >= 4 is 24.0 Å². The predicted molar refractivity (Wildman–Crippen MR) is 107 cm³/mol. The molecule has 0 fully saturated rings. The minimum atomic E-state index is -0.313. The number of benzene rings is 2. The van der Waals surface area contributed by atoms with Crippen molar-refractivity contribution in [1.82, 2.24) is 5.32 Å². The number of aryl methyl sites for hydroxylation is 1. The van der Waals surface area contributed by atoms with Crippen molar-refractivity contribution in [2.45, 2.75) is 45.6 Å². The van der Waals surface area contributed by atoms with Crippen molar-refractivity contribution in [3.63, 3.8) is 0 Å². The summed E-state index contributed by atoms with van der Waals surface area (Å²) in [5, 5.41) is 5.99. The number of rotatable bonds is 4. The fraction of sp³-hybridized carbons (Fsp3) is 0.381. The van der Waals surface area contributed by atoms with Gasteiger partial charge in [-0.2, -0.15) is 0 Å². The smallest absolute Gasteiger partial charge is 0.225 e. The zero-order valence-electron chi connectivity index (χ0n) is 15.5. The molecule has 0 aromatic heterocycles. The summed E-state index contributed by atoms with van der Waals surface area (Å²) >= 11 is 0. The van der Waals surface area contributed by atoms with Crippen LogP contribution in [0.25, 0.3) is 0 Å². The first-order valence-electron chi connectivity index (χ1n) is 8.75. The van der Waals surface area contributed by atoms with Crippen LogP contribution in [-0.2, 0) is 23.2 Å². The van der Waals surface area contributed by atoms with Gasteiger partial charge in [0.25, 0.3) is 0 Å². The van der Waals surface area contributed by atoms with Crippen LogP contribution in [0.4, 0.5) is 10.1 Å². The third-order valence-corrected chi connectivity index (χ3v) is 4.92. The van der Waals surface area contributed by atoms with E-state index in [2.05, 4.69) is 22.8 Å². The maximum atomic E-state index is 14.7. The molecular formula is C21H26ClFN2O. The molecule has 1 aliphatic rings. The van der Waals surface area contributed by atoms with Crippen LogP contribution < -0.4 is 10.6 Å². The van der Waals surface area contributed by atoms with Gasteiger partial charge in [0.05, 0.1) is 5.69 Å². The first kappa shape index (κ1) is 20.4. The summed E-state index contributed by atoms with van der Waals surface area (Å²) in [5.41, 5.74) is 3.95. The standard InChI is InChI=1S/C21H25FN2O.ClH/c1-14-4-7-16(8-5-14)21(2,3)12-19(25)24-18-9-6-15-13-23-11-10-17(15)20(18)22;/h4-9,23H,10-13H2,1-3H3,(H,24,25);1H. The SMILES string of the molecule is Cc1ccc(C(C)(C)CC(=O)Nc2ccc3c(c2F)CCNC3)cc1.Cl. The fourth-order valence-electron chi connectivity index (χ4n) is 3.33. The van der Waals surface area contributed by atoms with E-state index in [0.717, 1.165) is 17.7 Å². The van der Waals surface area contributed by atoms with Crippen LogP contribution in [0.15, 0.2) is 36.4 Å². The highest BCUT2D eigenvalue weighted by atomic mass is 35.5. The molecule has 140 valence electrons. The van der Waals surface area contributed by atoms with Crippen LogP contribution in [0, 0.1) is 12.7 Å². The second kappa shape index (κ2) is 8.19. The first-order valence-corrected chi connectivity index (χ1v) is 8.75. The Bertz CT molecular complexity index is 787. The third-order valence-electron chi connectivity index (χ3n) is 4.92. The predicted octanol–water partition coefficient (Wildman–Crippen LogP) is 4.51. The lowest BCUT2D eigenvalue weighted by Gasteiger charge is -2.25. The molecule has 0 radical (unpaired) electrons. The van der Waals surface area contributed by atoms with Gasteiger partial charge < -0.3 is 10.6 Å². The monoisotopic (exact) mass is 376 g/mol. The molecule has 2 N–H and O–H groups in total. The summed E-state index contributed by atoms with van der Waals surface area (Å²) < 4.78 is 14.7. The maximum Gasteiger partial charge on any atom is 0.225 e. The van der Waals surface area contributed by atoms with Gasteiger partial charge in [-0.15, -0.1) is 12.4 Å². The van der Waals surface area contributed by atoms with E-state index in [1.165, 1.54) is 5.56 Å². The summed E-state index contributed by atoms with van der Waals surface area (Å²) in [6.45, 7) is 7.55. The molecule has 5 heteroatoms. The largest absolute Gasteiger partial charge is 0.324 e. The molecule has 1 heterocycles. The Morgan fingerprint density at radius 3 is 2.58 bits per heavy atom. The quantitative estimate of drug-likeness (QED) is 0.824. The lowest BCUT2D eigenvalue weighted by Crippen LogP contribution is -2.27. The fourth-order valence-corrected chi connectivity index (χ4v) is 3.33. The Balaban J connectivity index is 0.00000243. The number of nitrogens with one attached hydrogen (secondary N) is 2. The van der Waals surface area contributed by atoms with Crippen molar-refractivity contribution in [2.24, 2.45) is 0 Å². The highest BCUT2D eigenvalue weighted by Crippen LogP contribution is 2.29. The molecule has 26 heavy (non-hydrogen) atoms. The van der Waals surface area contributed by atoms with Crippen molar-refractivity contribution in [3.8, 4) is 0 Å². The van der Waals surface area contributed by atoms with Crippen molar-refractivity contribution in [2.75, 3.05) is 11.9 Å². The second-order valence-electron chi connectivity index (χ2n) is 7.47. The Kier molecular flexibility index (Phi) is 6.43. The number of carbonyl (C=O) groups is 1. The number of fused-ring (bicyclic) bond motifs is 1. The van der Waals surface area contributed by atoms with E-state index in [9.17, 15) is 9.18 Å². The zero-order valence-corrected chi connectivity index (χ0v) is 16.3. The summed E-state index contributed by atoms with van der Waals surface area (Å²) in [5.74, 6) is -0.459. The number of carbonyl (C=O) groups excluding carboxylic acids is 1. The van der Waals surface area contributed by atoms with Crippen LogP contribution >= 0.6 is 12.4 Å². The molecule has 0 aliphatic carbocycles. The summed E-state index contributed by atoms with van der Waals surface area (Å²) in [7, 11) is 0. The van der Waals surface area contributed by atoms with E-state index < -0.39 is 0 Å². The molecule has 0 saturated heterocycles. The number of halogens is 2. The number of hydrogen-bond acceptors (Lipinski definition) is 2. The van der Waals surface area contributed by atoms with Gasteiger partial charge in [-0.05, 0) is 48.1 Å². The van der Waals surface area contributed by atoms with Crippen molar-refractivity contribution < 1.29 is 9.18 Å². The number of hydrogen-bond donors (Lipinski definition) is 2. The summed E-state index contributed by atoms with van der Waals surface area (Å²) in [6, 6.07) is 11.8. The van der Waals surface area contributed by atoms with E-state index >= 15 is 0 Å². The van der Waals surface area contributed by atoms with Crippen LogP contribution in [0.5, 0.6) is 0 Å². The van der Waals surface area contributed by atoms with Crippen molar-refractivity contribution in [1.29, 1.82) is 0 Å². The first-order chi connectivity index (χ1) is 11.9. The molecule has 3 rings (SSSR count). The van der Waals surface area contributed by atoms with Gasteiger partial charge in [0.1, 0.15) is 5.82 Å². The van der Waals surface area contributed by atoms with Gasteiger partial charge in [0.2, 0.25) is 5.91 Å². The molecule has 0 bridgehead atoms. The molecule has 2 aromatic carbocycles. The Hall–Kier alpha value is -1.91. The molecular weight excluding hydrogens is 351 g/mol. The van der Waals surface area contributed by atoms with E-state index in [4.69, 9.17) is 0 Å². The van der Waals surface area contributed by atoms with Crippen molar-refractivity contribution in [3.05, 3.63) is 64.5 Å². The highest BCUT2D eigenvalue weighted by molar-refractivity contribution is 5.92. The lowest BCUT2D eigenvalue weighted by atomic mass is 9.81. The van der Waals surface area contributed by atoms with E-state index in [0.29, 0.717) is 24.9 Å². The lowest BCUT2D eigenvalue weighted by molar-refractivity contribution is -0.117. The van der Waals surface area contributed by atoms with E-state index in [-0.39, 0.29) is 35.2 Å². The van der Waals surface area contributed by atoms with Crippen LogP contribution in [0.1, 0.15) is 42.5 Å².